The molecule has 1 fully saturated rings. The third-order valence-corrected chi connectivity index (χ3v) is 4.48. The van der Waals surface area contributed by atoms with E-state index in [1.807, 2.05) is 0 Å². The van der Waals surface area contributed by atoms with Crippen LogP contribution in [0.3, 0.4) is 0 Å². The first-order valence-electron chi connectivity index (χ1n) is 7.02. The van der Waals surface area contributed by atoms with Crippen molar-refractivity contribution in [2.75, 3.05) is 25.0 Å². The summed E-state index contributed by atoms with van der Waals surface area (Å²) in [5, 5.41) is 1.17. The second kappa shape index (κ2) is 8.52. The second-order valence-electron chi connectivity index (χ2n) is 5.53. The lowest BCUT2D eigenvalue weighted by atomic mass is 9.89. The number of rotatable bonds is 6. The number of halogens is 1. The van der Waals surface area contributed by atoms with Crippen molar-refractivity contribution >= 4 is 15.9 Å². The summed E-state index contributed by atoms with van der Waals surface area (Å²) in [6, 6.07) is 0. The number of hydrogen-bond acceptors (Lipinski definition) is 1. The van der Waals surface area contributed by atoms with Gasteiger partial charge >= 0.3 is 0 Å². The number of nitrogens with zero attached hydrogens (tertiary/aromatic N) is 1. The van der Waals surface area contributed by atoms with Gasteiger partial charge in [-0.15, -0.1) is 0 Å². The molecule has 1 aliphatic heterocycles. The summed E-state index contributed by atoms with van der Waals surface area (Å²) < 4.78 is 0. The number of likely N-dealkylation sites (tertiary alicyclic amines) is 1. The lowest BCUT2D eigenvalue weighted by Gasteiger charge is -2.21. The van der Waals surface area contributed by atoms with Gasteiger partial charge in [0.15, 0.2) is 0 Å². The van der Waals surface area contributed by atoms with E-state index in [1.165, 1.54) is 63.5 Å². The van der Waals surface area contributed by atoms with E-state index in [-0.39, 0.29) is 0 Å². The maximum Gasteiger partial charge on any atom is 0.00313 e. The van der Waals surface area contributed by atoms with E-state index < -0.39 is 0 Å². The molecule has 0 N–H and O–H groups in total. The van der Waals surface area contributed by atoms with Crippen LogP contribution in [0.5, 0.6) is 0 Å². The van der Waals surface area contributed by atoms with Crippen molar-refractivity contribution in [1.82, 2.24) is 4.90 Å². The maximum absolute atomic E-state index is 3.50. The highest BCUT2D eigenvalue weighted by atomic mass is 79.9. The number of unbranched alkanes of at least 4 members (excludes halogenated alkanes) is 2. The van der Waals surface area contributed by atoms with Crippen molar-refractivity contribution in [3.63, 3.8) is 0 Å². The SMILES string of the molecule is CC(C)C1CCCN(CCCCCBr)CC1. The second-order valence-corrected chi connectivity index (χ2v) is 6.32. The Morgan fingerprint density at radius 2 is 1.94 bits per heavy atom. The van der Waals surface area contributed by atoms with E-state index >= 15 is 0 Å². The van der Waals surface area contributed by atoms with Crippen molar-refractivity contribution in [1.29, 1.82) is 0 Å². The van der Waals surface area contributed by atoms with E-state index in [1.54, 1.807) is 0 Å². The minimum atomic E-state index is 0.883. The van der Waals surface area contributed by atoms with Crippen molar-refractivity contribution in [2.24, 2.45) is 11.8 Å². The molecule has 0 aromatic rings. The fourth-order valence-electron chi connectivity index (χ4n) is 2.68. The van der Waals surface area contributed by atoms with Crippen molar-refractivity contribution in [3.05, 3.63) is 0 Å². The third-order valence-electron chi connectivity index (χ3n) is 3.92. The summed E-state index contributed by atoms with van der Waals surface area (Å²) in [7, 11) is 0. The molecule has 16 heavy (non-hydrogen) atoms. The van der Waals surface area contributed by atoms with Crippen molar-refractivity contribution in [2.45, 2.75) is 52.4 Å². The molecule has 1 unspecified atom stereocenters. The van der Waals surface area contributed by atoms with E-state index in [0.717, 1.165) is 11.8 Å². The van der Waals surface area contributed by atoms with Gasteiger partial charge in [-0.3, -0.25) is 0 Å². The summed E-state index contributed by atoms with van der Waals surface area (Å²) in [6.07, 6.45) is 8.41. The minimum absolute atomic E-state index is 0.883. The smallest absolute Gasteiger partial charge is 0.00313 e. The zero-order valence-electron chi connectivity index (χ0n) is 11.1. The molecular formula is C14H28BrN. The lowest BCUT2D eigenvalue weighted by Crippen LogP contribution is -2.26. The Balaban J connectivity index is 2.15. The third kappa shape index (κ3) is 5.67. The quantitative estimate of drug-likeness (QED) is 0.520. The van der Waals surface area contributed by atoms with Gasteiger partial charge < -0.3 is 4.90 Å². The first-order chi connectivity index (χ1) is 7.74. The van der Waals surface area contributed by atoms with Crippen molar-refractivity contribution in [3.8, 4) is 0 Å². The van der Waals surface area contributed by atoms with Gasteiger partial charge in [-0.25, -0.2) is 0 Å². The van der Waals surface area contributed by atoms with E-state index in [0.29, 0.717) is 0 Å². The average Bonchev–Trinajstić information content (AvgIpc) is 2.50. The molecule has 1 saturated heterocycles. The molecule has 1 atom stereocenters. The van der Waals surface area contributed by atoms with E-state index in [4.69, 9.17) is 0 Å². The first kappa shape index (κ1) is 14.5. The molecule has 96 valence electrons. The van der Waals surface area contributed by atoms with Gasteiger partial charge in [0.2, 0.25) is 0 Å². The zero-order chi connectivity index (χ0) is 11.8. The largest absolute Gasteiger partial charge is 0.303 e. The Bertz CT molecular complexity index is 170. The molecule has 0 spiro atoms. The van der Waals surface area contributed by atoms with E-state index in [2.05, 4.69) is 34.7 Å². The summed E-state index contributed by atoms with van der Waals surface area (Å²) in [6.45, 7) is 8.79. The van der Waals surface area contributed by atoms with Crippen LogP contribution in [0, 0.1) is 11.8 Å². The summed E-state index contributed by atoms with van der Waals surface area (Å²) in [5.41, 5.74) is 0. The Kier molecular flexibility index (Phi) is 7.72. The predicted octanol–water partition coefficient (Wildman–Crippen LogP) is 4.31. The molecule has 1 rings (SSSR count). The molecule has 2 heteroatoms. The highest BCUT2D eigenvalue weighted by Crippen LogP contribution is 2.24. The minimum Gasteiger partial charge on any atom is -0.303 e. The monoisotopic (exact) mass is 289 g/mol. The topological polar surface area (TPSA) is 3.24 Å². The van der Waals surface area contributed by atoms with Crippen molar-refractivity contribution < 1.29 is 0 Å². The molecule has 0 aliphatic carbocycles. The zero-order valence-corrected chi connectivity index (χ0v) is 12.6. The van der Waals surface area contributed by atoms with E-state index in [9.17, 15) is 0 Å². The molecule has 0 aromatic heterocycles. The van der Waals surface area contributed by atoms with Crippen LogP contribution in [0.15, 0.2) is 0 Å². The van der Waals surface area contributed by atoms with Gasteiger partial charge in [-0.05, 0) is 63.6 Å². The average molecular weight is 290 g/mol. The van der Waals surface area contributed by atoms with Gasteiger partial charge in [0.05, 0.1) is 0 Å². The van der Waals surface area contributed by atoms with Crippen LogP contribution in [0.4, 0.5) is 0 Å². The highest BCUT2D eigenvalue weighted by molar-refractivity contribution is 9.09. The molecule has 1 nitrogen and oxygen atoms in total. The Labute approximate surface area is 110 Å². The number of alkyl halides is 1. The fourth-order valence-corrected chi connectivity index (χ4v) is 3.08. The molecule has 0 amide bonds. The normalized spacial score (nSPS) is 23.6. The Hall–Kier alpha value is 0.440. The highest BCUT2D eigenvalue weighted by Gasteiger charge is 2.18. The standard InChI is InChI=1S/C14H28BrN/c1-13(2)14-7-6-11-16(12-8-14)10-5-3-4-9-15/h13-14H,3-12H2,1-2H3. The first-order valence-corrected chi connectivity index (χ1v) is 8.14. The molecule has 0 bridgehead atoms. The van der Waals surface area contributed by atoms with Crippen LogP contribution in [0.2, 0.25) is 0 Å². The van der Waals surface area contributed by atoms with Crippen LogP contribution in [-0.2, 0) is 0 Å². The van der Waals surface area contributed by atoms with Crippen LogP contribution < -0.4 is 0 Å². The Morgan fingerprint density at radius 3 is 2.62 bits per heavy atom. The number of hydrogen-bond donors (Lipinski definition) is 0. The van der Waals surface area contributed by atoms with Gasteiger partial charge in [0, 0.05) is 5.33 Å². The molecule has 1 heterocycles. The van der Waals surface area contributed by atoms with Gasteiger partial charge in [-0.1, -0.05) is 36.2 Å². The molecule has 0 aromatic carbocycles. The fraction of sp³-hybridized carbons (Fsp3) is 1.00. The summed E-state index contributed by atoms with van der Waals surface area (Å²) in [4.78, 5) is 2.69. The summed E-state index contributed by atoms with van der Waals surface area (Å²) >= 11 is 3.50. The summed E-state index contributed by atoms with van der Waals surface area (Å²) in [5.74, 6) is 1.86. The van der Waals surface area contributed by atoms with Gasteiger partial charge in [0.25, 0.3) is 0 Å². The van der Waals surface area contributed by atoms with Gasteiger partial charge in [-0.2, -0.15) is 0 Å². The van der Waals surface area contributed by atoms with Crippen LogP contribution in [0.1, 0.15) is 52.4 Å². The maximum atomic E-state index is 3.50. The van der Waals surface area contributed by atoms with Crippen LogP contribution >= 0.6 is 15.9 Å². The molecule has 1 aliphatic rings. The molecule has 0 radical (unpaired) electrons. The lowest BCUT2D eigenvalue weighted by molar-refractivity contribution is 0.267. The Morgan fingerprint density at radius 1 is 1.12 bits per heavy atom. The molecule has 0 saturated carbocycles. The molecular weight excluding hydrogens is 262 g/mol. The predicted molar refractivity (Wildman–Crippen MR) is 76.3 cm³/mol. The van der Waals surface area contributed by atoms with Crippen LogP contribution in [-0.4, -0.2) is 29.9 Å². The van der Waals surface area contributed by atoms with Crippen LogP contribution in [0.25, 0.3) is 0 Å². The van der Waals surface area contributed by atoms with Gasteiger partial charge in [0.1, 0.15) is 0 Å².